The number of allylic oxidation sites excluding steroid dienone is 2. The Hall–Kier alpha value is -3.92. The average Bonchev–Trinajstić information content (AvgIpc) is 3.59. The van der Waals surface area contributed by atoms with Crippen LogP contribution in [-0.2, 0) is 40.9 Å². The highest BCUT2D eigenvalue weighted by molar-refractivity contribution is 7.47. The Balaban J connectivity index is 1.41. The number of aliphatic hydroxyl groups is 1. The molecule has 4 atom stereocenters. The number of phosphoric acid groups is 1. The van der Waals surface area contributed by atoms with Crippen molar-refractivity contribution < 1.29 is 42.2 Å². The van der Waals surface area contributed by atoms with Crippen molar-refractivity contribution in [1.29, 1.82) is 10.5 Å². The summed E-state index contributed by atoms with van der Waals surface area (Å²) in [5.74, 6) is -0.361. The molecule has 2 heterocycles. The first-order valence-electron chi connectivity index (χ1n) is 19.6. The van der Waals surface area contributed by atoms with Crippen LogP contribution in [0.3, 0.4) is 0 Å². The molecule has 0 amide bonds. The first-order valence-corrected chi connectivity index (χ1v) is 21.1. The number of hydrogen-bond acceptors (Lipinski definition) is 12. The number of rotatable bonds is 31. The highest BCUT2D eigenvalue weighted by atomic mass is 31.2. The van der Waals surface area contributed by atoms with Crippen molar-refractivity contribution in [3.8, 4) is 12.3 Å². The van der Waals surface area contributed by atoms with E-state index in [1.54, 1.807) is 12.1 Å². The van der Waals surface area contributed by atoms with Crippen LogP contribution in [0.25, 0.3) is 5.52 Å². The van der Waals surface area contributed by atoms with E-state index in [9.17, 15) is 24.2 Å². The molecule has 4 N–H and O–H groups in total. The molecule has 56 heavy (non-hydrogen) atoms. The largest absolute Gasteiger partial charge is 0.472 e. The number of aliphatic hydroxyl groups excluding tert-OH is 1. The van der Waals surface area contributed by atoms with Crippen molar-refractivity contribution >= 4 is 19.2 Å². The van der Waals surface area contributed by atoms with Gasteiger partial charge >= 0.3 is 7.82 Å². The Morgan fingerprint density at radius 2 is 1.62 bits per heavy atom. The van der Waals surface area contributed by atoms with Gasteiger partial charge in [0.25, 0.3) is 6.26 Å². The van der Waals surface area contributed by atoms with Gasteiger partial charge in [-0.3, -0.25) is 9.05 Å². The minimum absolute atomic E-state index is 0.00369. The third-order valence-corrected chi connectivity index (χ3v) is 10.1. The lowest BCUT2D eigenvalue weighted by Gasteiger charge is -2.23. The molecule has 16 heteroatoms. The number of benzene rings is 1. The lowest BCUT2D eigenvalue weighted by molar-refractivity contribution is -0.0546. The maximum atomic E-state index is 14.0. The number of nitrogen functional groups attached to an aromatic ring is 1. The smallest absolute Gasteiger partial charge is 0.419 e. The molecule has 0 aliphatic carbocycles. The Morgan fingerprint density at radius 1 is 0.946 bits per heavy atom. The number of phosphoric ester groups is 1. The molecule has 0 spiro atoms. The zero-order chi connectivity index (χ0) is 40.4. The van der Waals surface area contributed by atoms with E-state index < -0.39 is 45.2 Å². The maximum Gasteiger partial charge on any atom is 0.472 e. The summed E-state index contributed by atoms with van der Waals surface area (Å²) in [5, 5.41) is 33.3. The van der Waals surface area contributed by atoms with Gasteiger partial charge in [-0.1, -0.05) is 76.9 Å². The van der Waals surface area contributed by atoms with E-state index in [0.717, 1.165) is 38.2 Å². The molecule has 3 rings (SSSR count). The summed E-state index contributed by atoms with van der Waals surface area (Å²) >= 11 is 0. The van der Waals surface area contributed by atoms with Crippen molar-refractivity contribution in [2.75, 3.05) is 32.2 Å². The van der Waals surface area contributed by atoms with Crippen LogP contribution in [0, 0.1) is 28.7 Å². The van der Waals surface area contributed by atoms with Crippen LogP contribution in [0.2, 0.25) is 0 Å². The summed E-state index contributed by atoms with van der Waals surface area (Å²) in [6.45, 7) is 1.46. The lowest BCUT2D eigenvalue weighted by Crippen LogP contribution is -2.34. The van der Waals surface area contributed by atoms with Crippen LogP contribution in [0.5, 0.6) is 0 Å². The number of ether oxygens (including phenoxy) is 3. The van der Waals surface area contributed by atoms with Crippen molar-refractivity contribution in [1.82, 2.24) is 14.6 Å². The van der Waals surface area contributed by atoms with Gasteiger partial charge in [-0.2, -0.15) is 15.6 Å². The molecule has 14 nitrogen and oxygen atoms in total. The van der Waals surface area contributed by atoms with Gasteiger partial charge in [0, 0.05) is 18.7 Å². The number of nitrogens with two attached hydrogens (primary N) is 1. The number of unbranched alkanes of at least 4 members (excludes halogenated alkanes) is 12. The number of halogens is 1. The molecule has 0 fully saturated rings. The summed E-state index contributed by atoms with van der Waals surface area (Å²) in [7, 11) is -4.76. The molecule has 0 aliphatic heterocycles. The standard InChI is InChI=1S/C40H58FN6O8P/c1-2-3-4-5-6-7-8-9-10-11-12-13-14-15-16-17-20-51-27-36(52-26-33-21-32(25-42)22-34(41)23-33)28-54-56(49,50)55-29-39(53-30-43)38(48)24-35-18-19-37-40(44)45-31-46-47(35)37/h9-10,18-19,21-23,31,36,38-39,48H,2-8,11-17,20,24,26-29H2,1H3,(H,49,50)(H2,44,45,46)/b10-9-/t36-,38+,39-/m1/s1. The van der Waals surface area contributed by atoms with Crippen LogP contribution in [0.15, 0.2) is 48.8 Å². The van der Waals surface area contributed by atoms with Crippen LogP contribution in [-0.4, -0.2) is 69.3 Å². The summed E-state index contributed by atoms with van der Waals surface area (Å²) in [4.78, 5) is 14.4. The quantitative estimate of drug-likeness (QED) is 0.0245. The molecule has 1 unspecified atom stereocenters. The highest BCUT2D eigenvalue weighted by Crippen LogP contribution is 2.43. The van der Waals surface area contributed by atoms with Crippen molar-refractivity contribution in [3.63, 3.8) is 0 Å². The summed E-state index contributed by atoms with van der Waals surface area (Å²) in [6.07, 6.45) is 20.4. The SMILES string of the molecule is CCCCCCCC/C=C\CCCCCCCCOC[C@H](COP(=O)(O)OC[C@@H](OC#N)[C@@H](O)Cc1ccc2c(N)ncnn12)OCc1cc(F)cc(C#N)c1. The van der Waals surface area contributed by atoms with Crippen LogP contribution >= 0.6 is 7.82 Å². The predicted octanol–water partition coefficient (Wildman–Crippen LogP) is 7.87. The molecule has 0 bridgehead atoms. The van der Waals surface area contributed by atoms with Crippen LogP contribution in [0.1, 0.15) is 114 Å². The molecular formula is C40H58FN6O8P. The minimum atomic E-state index is -4.76. The van der Waals surface area contributed by atoms with Gasteiger partial charge < -0.3 is 29.9 Å². The average molecular weight is 801 g/mol. The van der Waals surface area contributed by atoms with Gasteiger partial charge in [0.2, 0.25) is 0 Å². The van der Waals surface area contributed by atoms with E-state index in [1.165, 1.54) is 87.0 Å². The normalized spacial score (nSPS) is 14.3. The fourth-order valence-corrected chi connectivity index (χ4v) is 6.77. The first kappa shape index (κ1) is 46.5. The minimum Gasteiger partial charge on any atom is -0.419 e. The molecular weight excluding hydrogens is 742 g/mol. The second-order valence-corrected chi connectivity index (χ2v) is 15.2. The Morgan fingerprint density at radius 3 is 2.32 bits per heavy atom. The van der Waals surface area contributed by atoms with Crippen LogP contribution < -0.4 is 5.73 Å². The van der Waals surface area contributed by atoms with E-state index in [0.29, 0.717) is 23.4 Å². The highest BCUT2D eigenvalue weighted by Gasteiger charge is 2.30. The molecule has 0 saturated carbocycles. The van der Waals surface area contributed by atoms with Gasteiger partial charge in [-0.25, -0.2) is 18.5 Å². The van der Waals surface area contributed by atoms with Gasteiger partial charge in [-0.15, -0.1) is 0 Å². The fraction of sp³-hybridized carbons (Fsp3) is 0.600. The van der Waals surface area contributed by atoms with Crippen molar-refractivity contribution in [2.45, 2.75) is 128 Å². The van der Waals surface area contributed by atoms with Gasteiger partial charge in [0.1, 0.15) is 23.8 Å². The Labute approximate surface area is 330 Å². The third kappa shape index (κ3) is 18.4. The third-order valence-electron chi connectivity index (χ3n) is 9.11. The number of fused-ring (bicyclic) bond motifs is 1. The second-order valence-electron chi connectivity index (χ2n) is 13.8. The zero-order valence-corrected chi connectivity index (χ0v) is 33.4. The molecule has 0 saturated heterocycles. The van der Waals surface area contributed by atoms with Gasteiger partial charge in [0.15, 0.2) is 11.9 Å². The molecule has 1 aromatic carbocycles. The number of aromatic nitrogens is 3. The monoisotopic (exact) mass is 800 g/mol. The van der Waals surface area contributed by atoms with Gasteiger partial charge in [-0.05, 0) is 68.0 Å². The molecule has 0 radical (unpaired) electrons. The summed E-state index contributed by atoms with van der Waals surface area (Å²) in [6, 6.07) is 9.04. The van der Waals surface area contributed by atoms with E-state index in [2.05, 4.69) is 29.2 Å². The van der Waals surface area contributed by atoms with Crippen molar-refractivity contribution in [2.24, 2.45) is 0 Å². The zero-order valence-electron chi connectivity index (χ0n) is 32.5. The Bertz CT molecular complexity index is 1730. The van der Waals surface area contributed by atoms with E-state index >= 15 is 0 Å². The molecule has 3 aromatic rings. The first-order chi connectivity index (χ1) is 27.2. The van der Waals surface area contributed by atoms with E-state index in [-0.39, 0.29) is 31.0 Å². The topological polar surface area (TPSA) is 207 Å². The summed E-state index contributed by atoms with van der Waals surface area (Å²) < 4.78 is 55.4. The number of nitrogens with zero attached hydrogens (tertiary/aromatic N) is 5. The maximum absolute atomic E-state index is 14.0. The van der Waals surface area contributed by atoms with Crippen LogP contribution in [0.4, 0.5) is 10.2 Å². The fourth-order valence-electron chi connectivity index (χ4n) is 6.00. The number of nitriles is 2. The van der Waals surface area contributed by atoms with E-state index in [4.69, 9.17) is 34.3 Å². The van der Waals surface area contributed by atoms with Gasteiger partial charge in [0.05, 0.1) is 44.2 Å². The summed E-state index contributed by atoms with van der Waals surface area (Å²) in [5.41, 5.74) is 7.42. The Kier molecular flexibility index (Phi) is 22.3. The van der Waals surface area contributed by atoms with E-state index in [1.807, 2.05) is 6.07 Å². The molecule has 308 valence electrons. The second kappa shape index (κ2) is 26.8. The lowest BCUT2D eigenvalue weighted by atomic mass is 10.1. The number of hydrogen-bond donors (Lipinski definition) is 3. The van der Waals surface area contributed by atoms with Crippen molar-refractivity contribution in [3.05, 3.63) is 71.4 Å². The molecule has 2 aromatic heterocycles. The number of anilines is 1. The predicted molar refractivity (Wildman–Crippen MR) is 209 cm³/mol. The molecule has 0 aliphatic rings.